The van der Waals surface area contributed by atoms with E-state index in [1.807, 2.05) is 13.8 Å². The van der Waals surface area contributed by atoms with Crippen molar-refractivity contribution in [1.82, 2.24) is 10.2 Å². The minimum Gasteiger partial charge on any atom is -0.378 e. The Bertz CT molecular complexity index is 248. The third kappa shape index (κ3) is 3.94. The summed E-state index contributed by atoms with van der Waals surface area (Å²) >= 11 is 0. The molecule has 1 aliphatic heterocycles. The number of hydrogen-bond acceptors (Lipinski definition) is 4. The number of ether oxygens (including phenoxy) is 1. The van der Waals surface area contributed by atoms with Gasteiger partial charge in [-0.05, 0) is 20.3 Å². The number of nitrogens with zero attached hydrogens (tertiary/aromatic N) is 1. The lowest BCUT2D eigenvalue weighted by Crippen LogP contribution is -2.57. The van der Waals surface area contributed by atoms with Crippen LogP contribution in [0.2, 0.25) is 0 Å². The molecule has 1 saturated heterocycles. The van der Waals surface area contributed by atoms with Crippen LogP contribution in [0.4, 0.5) is 0 Å². The Labute approximate surface area is 104 Å². The molecule has 0 spiro atoms. The fraction of sp³-hybridized carbons (Fsp3) is 0.917. The highest BCUT2D eigenvalue weighted by atomic mass is 16.5. The number of rotatable bonds is 5. The maximum atomic E-state index is 12.0. The van der Waals surface area contributed by atoms with Gasteiger partial charge in [-0.1, -0.05) is 6.92 Å². The van der Waals surface area contributed by atoms with E-state index in [1.54, 1.807) is 0 Å². The lowest BCUT2D eigenvalue weighted by molar-refractivity contribution is -0.130. The summed E-state index contributed by atoms with van der Waals surface area (Å²) in [4.78, 5) is 14.2. The molecule has 0 aliphatic carbocycles. The van der Waals surface area contributed by atoms with Gasteiger partial charge in [0.25, 0.3) is 0 Å². The van der Waals surface area contributed by atoms with Gasteiger partial charge in [-0.25, -0.2) is 0 Å². The Morgan fingerprint density at radius 1 is 1.59 bits per heavy atom. The molecule has 3 unspecified atom stereocenters. The topological polar surface area (TPSA) is 67.6 Å². The van der Waals surface area contributed by atoms with Gasteiger partial charge in [-0.15, -0.1) is 0 Å². The molecular formula is C12H25N3O2. The molecule has 5 nitrogen and oxygen atoms in total. The molecule has 1 amide bonds. The van der Waals surface area contributed by atoms with Crippen molar-refractivity contribution >= 4 is 5.91 Å². The second kappa shape index (κ2) is 6.93. The van der Waals surface area contributed by atoms with Gasteiger partial charge in [0.1, 0.15) is 0 Å². The number of morpholine rings is 1. The second-order valence-corrected chi connectivity index (χ2v) is 4.70. The molecule has 1 aliphatic rings. The van der Waals surface area contributed by atoms with Crippen molar-refractivity contribution in [3.63, 3.8) is 0 Å². The Hall–Kier alpha value is -0.650. The van der Waals surface area contributed by atoms with Gasteiger partial charge in [-0.3, -0.25) is 9.69 Å². The summed E-state index contributed by atoms with van der Waals surface area (Å²) in [6.07, 6.45) is 0.946. The first kappa shape index (κ1) is 14.4. The van der Waals surface area contributed by atoms with E-state index in [1.165, 1.54) is 0 Å². The van der Waals surface area contributed by atoms with Gasteiger partial charge in [0.2, 0.25) is 5.91 Å². The largest absolute Gasteiger partial charge is 0.378 e. The second-order valence-electron chi connectivity index (χ2n) is 4.70. The number of amides is 1. The summed E-state index contributed by atoms with van der Waals surface area (Å²) in [5, 5.41) is 3.01. The highest BCUT2D eigenvalue weighted by Gasteiger charge is 2.30. The fourth-order valence-electron chi connectivity index (χ4n) is 2.00. The third-order valence-electron chi connectivity index (χ3n) is 3.42. The number of carbonyl (C=O) groups is 1. The molecule has 0 aromatic heterocycles. The molecule has 1 rings (SSSR count). The predicted molar refractivity (Wildman–Crippen MR) is 67.7 cm³/mol. The maximum absolute atomic E-state index is 12.0. The summed E-state index contributed by atoms with van der Waals surface area (Å²) in [5.74, 6) is 0.0831. The van der Waals surface area contributed by atoms with Crippen LogP contribution in [-0.4, -0.2) is 55.2 Å². The van der Waals surface area contributed by atoms with E-state index in [0.717, 1.165) is 13.0 Å². The Balaban J connectivity index is 2.54. The Morgan fingerprint density at radius 2 is 2.29 bits per heavy atom. The van der Waals surface area contributed by atoms with Gasteiger partial charge in [0.15, 0.2) is 0 Å². The highest BCUT2D eigenvalue weighted by molar-refractivity contribution is 5.81. The van der Waals surface area contributed by atoms with Crippen molar-refractivity contribution in [2.45, 2.75) is 45.3 Å². The van der Waals surface area contributed by atoms with Crippen molar-refractivity contribution in [2.75, 3.05) is 26.3 Å². The third-order valence-corrected chi connectivity index (χ3v) is 3.42. The van der Waals surface area contributed by atoms with Gasteiger partial charge in [-0.2, -0.15) is 0 Å². The zero-order valence-corrected chi connectivity index (χ0v) is 11.1. The summed E-state index contributed by atoms with van der Waals surface area (Å²) < 4.78 is 5.38. The zero-order chi connectivity index (χ0) is 12.8. The van der Waals surface area contributed by atoms with E-state index in [4.69, 9.17) is 10.5 Å². The predicted octanol–water partition coefficient (Wildman–Crippen LogP) is -0.0509. The molecule has 0 saturated carbocycles. The van der Waals surface area contributed by atoms with Gasteiger partial charge in [0.05, 0.1) is 19.3 Å². The quantitative estimate of drug-likeness (QED) is 0.710. The molecule has 0 radical (unpaired) electrons. The Kier molecular flexibility index (Phi) is 5.88. The van der Waals surface area contributed by atoms with Crippen LogP contribution < -0.4 is 11.1 Å². The van der Waals surface area contributed by atoms with Crippen LogP contribution in [0.5, 0.6) is 0 Å². The van der Waals surface area contributed by atoms with E-state index in [2.05, 4.69) is 17.1 Å². The molecule has 0 bridgehead atoms. The monoisotopic (exact) mass is 243 g/mol. The van der Waals surface area contributed by atoms with Crippen LogP contribution in [0, 0.1) is 0 Å². The summed E-state index contributed by atoms with van der Waals surface area (Å²) in [6, 6.07) is 0.241. The molecular weight excluding hydrogens is 218 g/mol. The minimum atomic E-state index is -0.138. The Morgan fingerprint density at radius 3 is 2.88 bits per heavy atom. The van der Waals surface area contributed by atoms with Gasteiger partial charge in [0, 0.05) is 25.2 Å². The lowest BCUT2D eigenvalue weighted by Gasteiger charge is -2.38. The summed E-state index contributed by atoms with van der Waals surface area (Å²) in [7, 11) is 0. The molecule has 5 heteroatoms. The van der Waals surface area contributed by atoms with Crippen molar-refractivity contribution < 1.29 is 9.53 Å². The standard InChI is InChI=1S/C12H25N3O2/c1-4-9(2)14-12(16)10(3)15-5-6-17-8-11(15)7-13/h9-11H,4-8,13H2,1-3H3,(H,14,16). The molecule has 3 N–H and O–H groups in total. The van der Waals surface area contributed by atoms with Gasteiger partial charge < -0.3 is 15.8 Å². The van der Waals surface area contributed by atoms with Gasteiger partial charge >= 0.3 is 0 Å². The normalized spacial score (nSPS) is 25.3. The van der Waals surface area contributed by atoms with E-state index < -0.39 is 0 Å². The van der Waals surface area contributed by atoms with E-state index in [9.17, 15) is 4.79 Å². The average Bonchev–Trinajstić information content (AvgIpc) is 2.37. The molecule has 0 aromatic rings. The van der Waals surface area contributed by atoms with Crippen molar-refractivity contribution in [3.05, 3.63) is 0 Å². The fourth-order valence-corrected chi connectivity index (χ4v) is 2.00. The number of nitrogens with two attached hydrogens (primary N) is 1. The molecule has 3 atom stereocenters. The van der Waals surface area contributed by atoms with Crippen LogP contribution in [0.1, 0.15) is 27.2 Å². The number of hydrogen-bond donors (Lipinski definition) is 2. The summed E-state index contributed by atoms with van der Waals surface area (Å²) in [6.45, 7) is 8.62. The number of carbonyl (C=O) groups excluding carboxylic acids is 1. The van der Waals surface area contributed by atoms with E-state index >= 15 is 0 Å². The highest BCUT2D eigenvalue weighted by Crippen LogP contribution is 2.10. The SMILES string of the molecule is CCC(C)NC(=O)C(C)N1CCOCC1CN. The number of nitrogens with one attached hydrogen (secondary N) is 1. The van der Waals surface area contributed by atoms with Crippen LogP contribution in [0.15, 0.2) is 0 Å². The van der Waals surface area contributed by atoms with Crippen LogP contribution in [0.25, 0.3) is 0 Å². The van der Waals surface area contributed by atoms with Crippen LogP contribution >= 0.6 is 0 Å². The average molecular weight is 243 g/mol. The molecule has 100 valence electrons. The molecule has 0 aromatic carbocycles. The lowest BCUT2D eigenvalue weighted by atomic mass is 10.1. The van der Waals surface area contributed by atoms with Crippen LogP contribution in [-0.2, 0) is 9.53 Å². The first-order chi connectivity index (χ1) is 8.10. The van der Waals surface area contributed by atoms with Crippen molar-refractivity contribution in [3.8, 4) is 0 Å². The van der Waals surface area contributed by atoms with Crippen molar-refractivity contribution in [2.24, 2.45) is 5.73 Å². The first-order valence-corrected chi connectivity index (χ1v) is 6.44. The maximum Gasteiger partial charge on any atom is 0.237 e. The smallest absolute Gasteiger partial charge is 0.237 e. The minimum absolute atomic E-state index is 0.0831. The van der Waals surface area contributed by atoms with Crippen molar-refractivity contribution in [1.29, 1.82) is 0 Å². The molecule has 1 fully saturated rings. The van der Waals surface area contributed by atoms with Crippen LogP contribution in [0.3, 0.4) is 0 Å². The zero-order valence-electron chi connectivity index (χ0n) is 11.1. The van der Waals surface area contributed by atoms with E-state index in [-0.39, 0.29) is 24.0 Å². The van der Waals surface area contributed by atoms with E-state index in [0.29, 0.717) is 19.8 Å². The summed E-state index contributed by atoms with van der Waals surface area (Å²) in [5.41, 5.74) is 5.71. The molecule has 1 heterocycles. The molecule has 17 heavy (non-hydrogen) atoms. The first-order valence-electron chi connectivity index (χ1n) is 6.44.